The van der Waals surface area contributed by atoms with Crippen molar-refractivity contribution < 1.29 is 18.9 Å². The number of rotatable bonds is 8. The standard InChI is InChI=1S/C24H32N6O4S/c1-27(2)33-34-35-18-6-7-19-15(10-18)5-8-21(19)30-17-11-22(24(30)32)28(13-17)14-20(26)23(31)29-9-3-4-16(29)12-25/h6-7,10,16-17,20-22H,3-5,8-9,11,13-14,26H2,1-2H3/t16-,17?,20-,21+,22+/m0/s1. The highest BCUT2D eigenvalue weighted by molar-refractivity contribution is 7.94. The SMILES string of the molecule is CN(C)OOSc1ccc2c(c1)CC[C@H]2N1C(=O)[C@H]2CC1CN2C[C@H](N)C(=O)N1CCC[C@H]1C#N. The first-order valence-corrected chi connectivity index (χ1v) is 12.9. The number of nitrogens with two attached hydrogens (primary N) is 1. The average molecular weight is 501 g/mol. The molecule has 1 aromatic rings. The van der Waals surface area contributed by atoms with Crippen LogP contribution in [0.25, 0.3) is 0 Å². The highest BCUT2D eigenvalue weighted by atomic mass is 32.2. The molecule has 0 radical (unpaired) electrons. The fourth-order valence-corrected chi connectivity index (χ4v) is 6.58. The number of nitrogens with zero attached hydrogens (tertiary/aromatic N) is 5. The van der Waals surface area contributed by atoms with Gasteiger partial charge in [0.25, 0.3) is 0 Å². The second kappa shape index (κ2) is 10.0. The van der Waals surface area contributed by atoms with Gasteiger partial charge in [-0.1, -0.05) is 6.07 Å². The predicted molar refractivity (Wildman–Crippen MR) is 128 cm³/mol. The molecule has 0 saturated carbocycles. The molecule has 3 saturated heterocycles. The van der Waals surface area contributed by atoms with Gasteiger partial charge in [0.2, 0.25) is 11.8 Å². The van der Waals surface area contributed by atoms with Crippen LogP contribution >= 0.6 is 12.0 Å². The van der Waals surface area contributed by atoms with Gasteiger partial charge in [0.15, 0.2) is 0 Å². The Bertz CT molecular complexity index is 1030. The van der Waals surface area contributed by atoms with Gasteiger partial charge >= 0.3 is 0 Å². The minimum Gasteiger partial charge on any atom is -0.330 e. The highest BCUT2D eigenvalue weighted by Crippen LogP contribution is 2.44. The lowest BCUT2D eigenvalue weighted by molar-refractivity contribution is -0.340. The average Bonchev–Trinajstić information content (AvgIpc) is 3.61. The van der Waals surface area contributed by atoms with Crippen LogP contribution in [0.2, 0.25) is 0 Å². The number of benzene rings is 1. The number of carbonyl (C=O) groups is 2. The van der Waals surface area contributed by atoms with E-state index in [1.807, 2.05) is 6.07 Å². The second-order valence-corrected chi connectivity index (χ2v) is 10.8. The zero-order valence-electron chi connectivity index (χ0n) is 20.1. The molecule has 3 fully saturated rings. The number of amides is 2. The Hall–Kier alpha value is -2.20. The molecule has 1 aromatic carbocycles. The normalized spacial score (nSPS) is 28.7. The van der Waals surface area contributed by atoms with Crippen molar-refractivity contribution >= 4 is 23.9 Å². The van der Waals surface area contributed by atoms with E-state index in [1.165, 1.54) is 28.2 Å². The molecule has 5 rings (SSSR count). The first kappa shape index (κ1) is 24.5. The first-order chi connectivity index (χ1) is 16.9. The van der Waals surface area contributed by atoms with Crippen molar-refractivity contribution in [1.82, 2.24) is 19.8 Å². The smallest absolute Gasteiger partial charge is 0.241 e. The third kappa shape index (κ3) is 4.67. The fraction of sp³-hybridized carbons (Fsp3) is 0.625. The summed E-state index contributed by atoms with van der Waals surface area (Å²) in [6, 6.07) is 7.32. The van der Waals surface area contributed by atoms with E-state index in [9.17, 15) is 14.9 Å². The molecule has 1 unspecified atom stereocenters. The van der Waals surface area contributed by atoms with Gasteiger partial charge in [0.05, 0.1) is 36.2 Å². The zero-order valence-corrected chi connectivity index (χ0v) is 20.9. The van der Waals surface area contributed by atoms with E-state index in [2.05, 4.69) is 28.0 Å². The molecular formula is C24H32N6O4S. The number of fused-ring (bicyclic) bond motifs is 3. The van der Waals surface area contributed by atoms with Crippen LogP contribution in [0.5, 0.6) is 0 Å². The molecule has 2 bridgehead atoms. The van der Waals surface area contributed by atoms with Gasteiger partial charge in [0, 0.05) is 44.7 Å². The van der Waals surface area contributed by atoms with Gasteiger partial charge < -0.3 is 15.5 Å². The molecule has 3 aliphatic heterocycles. The Morgan fingerprint density at radius 1 is 1.34 bits per heavy atom. The molecule has 11 heteroatoms. The Labute approximate surface area is 210 Å². The molecule has 0 aromatic heterocycles. The highest BCUT2D eigenvalue weighted by Gasteiger charge is 2.53. The summed E-state index contributed by atoms with van der Waals surface area (Å²) in [7, 11) is 3.50. The molecule has 35 heavy (non-hydrogen) atoms. The monoisotopic (exact) mass is 500 g/mol. The summed E-state index contributed by atoms with van der Waals surface area (Å²) in [6.07, 6.45) is 4.15. The van der Waals surface area contributed by atoms with Crippen molar-refractivity contribution in [3.63, 3.8) is 0 Å². The maximum atomic E-state index is 13.4. The lowest BCUT2D eigenvalue weighted by Crippen LogP contribution is -2.56. The largest absolute Gasteiger partial charge is 0.330 e. The molecule has 3 heterocycles. The lowest BCUT2D eigenvalue weighted by Gasteiger charge is -2.38. The van der Waals surface area contributed by atoms with Crippen LogP contribution in [0.15, 0.2) is 23.1 Å². The van der Waals surface area contributed by atoms with Crippen molar-refractivity contribution in [2.24, 2.45) is 5.73 Å². The van der Waals surface area contributed by atoms with Gasteiger partial charge in [-0.25, -0.2) is 0 Å². The molecule has 1 aliphatic carbocycles. The van der Waals surface area contributed by atoms with Crippen LogP contribution in [0, 0.1) is 11.3 Å². The Morgan fingerprint density at radius 2 is 2.17 bits per heavy atom. The maximum absolute atomic E-state index is 13.4. The number of likely N-dealkylation sites (tertiary alicyclic amines) is 3. The topological polar surface area (TPSA) is 115 Å². The van der Waals surface area contributed by atoms with Gasteiger partial charge in [-0.15, -0.1) is 9.32 Å². The minimum atomic E-state index is -0.716. The van der Waals surface area contributed by atoms with Crippen molar-refractivity contribution in [2.75, 3.05) is 33.7 Å². The van der Waals surface area contributed by atoms with E-state index in [0.29, 0.717) is 19.5 Å². The van der Waals surface area contributed by atoms with Crippen LogP contribution in [0.3, 0.4) is 0 Å². The van der Waals surface area contributed by atoms with Crippen molar-refractivity contribution in [2.45, 2.75) is 67.2 Å². The molecular weight excluding hydrogens is 468 g/mol. The van der Waals surface area contributed by atoms with Gasteiger partial charge in [0.1, 0.15) is 6.04 Å². The van der Waals surface area contributed by atoms with Crippen LogP contribution in [0.4, 0.5) is 0 Å². The quantitative estimate of drug-likeness (QED) is 0.320. The summed E-state index contributed by atoms with van der Waals surface area (Å²) in [6.45, 7) is 1.67. The maximum Gasteiger partial charge on any atom is 0.241 e. The van der Waals surface area contributed by atoms with Crippen LogP contribution in [-0.2, 0) is 25.3 Å². The molecule has 188 valence electrons. The molecule has 0 spiro atoms. The Morgan fingerprint density at radius 3 is 2.91 bits per heavy atom. The molecule has 2 amide bonds. The number of hydrogen-bond donors (Lipinski definition) is 1. The van der Waals surface area contributed by atoms with Gasteiger partial charge in [-0.3, -0.25) is 14.5 Å². The number of hydrogen-bond acceptors (Lipinski definition) is 9. The van der Waals surface area contributed by atoms with E-state index in [4.69, 9.17) is 15.1 Å². The van der Waals surface area contributed by atoms with Crippen molar-refractivity contribution in [3.8, 4) is 6.07 Å². The number of hydroxylamine groups is 2. The summed E-state index contributed by atoms with van der Waals surface area (Å²) < 4.78 is 5.15. The van der Waals surface area contributed by atoms with Gasteiger partial charge in [-0.05, 0) is 55.4 Å². The summed E-state index contributed by atoms with van der Waals surface area (Å²) in [5.74, 6) is -0.0459. The van der Waals surface area contributed by atoms with Gasteiger partial charge in [-0.2, -0.15) is 10.3 Å². The van der Waals surface area contributed by atoms with Crippen LogP contribution < -0.4 is 5.73 Å². The molecule has 4 aliphatic rings. The third-order valence-electron chi connectivity index (χ3n) is 7.55. The number of carbonyl (C=O) groups excluding carboxylic acids is 2. The number of aryl methyl sites for hydroxylation is 1. The van der Waals surface area contributed by atoms with Crippen LogP contribution in [-0.4, -0.2) is 89.5 Å². The van der Waals surface area contributed by atoms with E-state index >= 15 is 0 Å². The number of nitriles is 1. The second-order valence-electron chi connectivity index (χ2n) is 9.98. The van der Waals surface area contributed by atoms with E-state index in [1.54, 1.807) is 19.0 Å². The third-order valence-corrected chi connectivity index (χ3v) is 8.13. The number of piperazine rings is 1. The first-order valence-electron chi connectivity index (χ1n) is 12.2. The summed E-state index contributed by atoms with van der Waals surface area (Å²) in [4.78, 5) is 38.0. The van der Waals surface area contributed by atoms with Crippen LogP contribution in [0.1, 0.15) is 42.9 Å². The summed E-state index contributed by atoms with van der Waals surface area (Å²) in [5, 5.41) is 10.8. The Kier molecular flexibility index (Phi) is 7.03. The molecule has 2 N–H and O–H groups in total. The summed E-state index contributed by atoms with van der Waals surface area (Å²) in [5.41, 5.74) is 8.71. The summed E-state index contributed by atoms with van der Waals surface area (Å²) >= 11 is 1.17. The van der Waals surface area contributed by atoms with E-state index < -0.39 is 6.04 Å². The molecule has 5 atom stereocenters. The zero-order chi connectivity index (χ0) is 24.7. The fourth-order valence-electron chi connectivity index (χ4n) is 6.04. The van der Waals surface area contributed by atoms with E-state index in [-0.39, 0.29) is 36.0 Å². The van der Waals surface area contributed by atoms with E-state index in [0.717, 1.165) is 37.1 Å². The van der Waals surface area contributed by atoms with Crippen molar-refractivity contribution in [1.29, 1.82) is 5.26 Å². The molecule has 10 nitrogen and oxygen atoms in total. The van der Waals surface area contributed by atoms with Crippen molar-refractivity contribution in [3.05, 3.63) is 29.3 Å². The predicted octanol–water partition coefficient (Wildman–Crippen LogP) is 1.23. The Balaban J connectivity index is 1.20. The lowest BCUT2D eigenvalue weighted by atomic mass is 10.1. The minimum absolute atomic E-state index is 0.0870.